The lowest BCUT2D eigenvalue weighted by Gasteiger charge is -2.15. The SMILES string of the molecule is O=c1c2c(nc(SCc3cccc(C(F)(F)F)c3)n1-c1cccc(C(F)(F)F)c1)CCS2. The molecule has 1 aromatic heterocycles. The van der Waals surface area contributed by atoms with Gasteiger partial charge in [0.25, 0.3) is 5.56 Å². The lowest BCUT2D eigenvalue weighted by Crippen LogP contribution is -2.24. The monoisotopic (exact) mass is 488 g/mol. The molecule has 11 heteroatoms. The summed E-state index contributed by atoms with van der Waals surface area (Å²) in [5, 5.41) is 0.132. The maximum atomic E-state index is 13.2. The molecule has 0 amide bonds. The first-order valence-corrected chi connectivity index (χ1v) is 11.3. The highest BCUT2D eigenvalue weighted by atomic mass is 32.2. The minimum Gasteiger partial charge on any atom is -0.268 e. The predicted molar refractivity (Wildman–Crippen MR) is 110 cm³/mol. The molecular formula is C21H14F6N2OS2. The van der Waals surface area contributed by atoms with Crippen LogP contribution in [0.5, 0.6) is 0 Å². The van der Waals surface area contributed by atoms with E-state index in [1.165, 1.54) is 36.0 Å². The number of aryl methyl sites for hydroxylation is 1. The maximum absolute atomic E-state index is 13.2. The summed E-state index contributed by atoms with van der Waals surface area (Å²) in [6, 6.07) is 9.10. The highest BCUT2D eigenvalue weighted by Crippen LogP contribution is 2.34. The zero-order valence-electron chi connectivity index (χ0n) is 16.1. The fraction of sp³-hybridized carbons (Fsp3) is 0.238. The summed E-state index contributed by atoms with van der Waals surface area (Å²) in [6.07, 6.45) is -8.55. The molecule has 1 aliphatic rings. The van der Waals surface area contributed by atoms with Crippen LogP contribution in [0.2, 0.25) is 0 Å². The fourth-order valence-electron chi connectivity index (χ4n) is 3.22. The number of fused-ring (bicyclic) bond motifs is 1. The van der Waals surface area contributed by atoms with E-state index < -0.39 is 29.0 Å². The van der Waals surface area contributed by atoms with E-state index in [2.05, 4.69) is 4.98 Å². The van der Waals surface area contributed by atoms with Crippen LogP contribution in [-0.4, -0.2) is 15.3 Å². The zero-order chi connectivity index (χ0) is 23.1. The van der Waals surface area contributed by atoms with Gasteiger partial charge in [0.05, 0.1) is 27.4 Å². The van der Waals surface area contributed by atoms with Gasteiger partial charge in [0, 0.05) is 17.9 Å². The van der Waals surface area contributed by atoms with Crippen molar-refractivity contribution in [3.8, 4) is 5.69 Å². The van der Waals surface area contributed by atoms with E-state index >= 15 is 0 Å². The number of nitrogens with zero attached hydrogens (tertiary/aromatic N) is 2. The highest BCUT2D eigenvalue weighted by Gasteiger charge is 2.32. The van der Waals surface area contributed by atoms with E-state index in [9.17, 15) is 31.1 Å². The third-order valence-corrected chi connectivity index (χ3v) is 6.84. The van der Waals surface area contributed by atoms with Gasteiger partial charge in [-0.2, -0.15) is 26.3 Å². The Morgan fingerprint density at radius 2 is 1.62 bits per heavy atom. The van der Waals surface area contributed by atoms with Crippen molar-refractivity contribution in [1.82, 2.24) is 9.55 Å². The average Bonchev–Trinajstić information content (AvgIpc) is 3.20. The van der Waals surface area contributed by atoms with E-state index in [0.29, 0.717) is 28.3 Å². The Bertz CT molecular complexity index is 1220. The molecule has 0 aliphatic carbocycles. The Balaban J connectivity index is 1.75. The third kappa shape index (κ3) is 4.68. The maximum Gasteiger partial charge on any atom is 0.416 e. The van der Waals surface area contributed by atoms with Gasteiger partial charge >= 0.3 is 12.4 Å². The molecule has 168 valence electrons. The van der Waals surface area contributed by atoms with Gasteiger partial charge in [0.1, 0.15) is 0 Å². The van der Waals surface area contributed by atoms with Gasteiger partial charge in [0.2, 0.25) is 0 Å². The molecule has 4 rings (SSSR count). The molecule has 3 nitrogen and oxygen atoms in total. The van der Waals surface area contributed by atoms with Crippen LogP contribution in [0.25, 0.3) is 5.69 Å². The molecule has 0 radical (unpaired) electrons. The largest absolute Gasteiger partial charge is 0.416 e. The van der Waals surface area contributed by atoms with Crippen LogP contribution in [0.4, 0.5) is 26.3 Å². The number of hydrogen-bond acceptors (Lipinski definition) is 4. The molecule has 0 N–H and O–H groups in total. The average molecular weight is 488 g/mol. The summed E-state index contributed by atoms with van der Waals surface area (Å²) in [5.41, 5.74) is -1.30. The van der Waals surface area contributed by atoms with Crippen molar-refractivity contribution in [2.75, 3.05) is 5.75 Å². The van der Waals surface area contributed by atoms with Crippen molar-refractivity contribution in [3.63, 3.8) is 0 Å². The number of thioether (sulfide) groups is 2. The second kappa shape index (κ2) is 8.51. The van der Waals surface area contributed by atoms with Crippen molar-refractivity contribution in [1.29, 1.82) is 0 Å². The summed E-state index contributed by atoms with van der Waals surface area (Å²) < 4.78 is 79.7. The quantitative estimate of drug-likeness (QED) is 0.249. The Morgan fingerprint density at radius 1 is 0.969 bits per heavy atom. The van der Waals surface area contributed by atoms with Crippen molar-refractivity contribution < 1.29 is 26.3 Å². The van der Waals surface area contributed by atoms with Gasteiger partial charge in [-0.1, -0.05) is 36.0 Å². The minimum atomic E-state index is -4.59. The van der Waals surface area contributed by atoms with Crippen LogP contribution in [-0.2, 0) is 24.5 Å². The first-order valence-electron chi connectivity index (χ1n) is 9.29. The summed E-state index contributed by atoms with van der Waals surface area (Å²) in [7, 11) is 0. The molecule has 0 saturated heterocycles. The summed E-state index contributed by atoms with van der Waals surface area (Å²) in [6.45, 7) is 0. The first-order chi connectivity index (χ1) is 15.0. The van der Waals surface area contributed by atoms with Crippen molar-refractivity contribution in [2.45, 2.75) is 34.6 Å². The minimum absolute atomic E-state index is 0.000771. The molecule has 0 unspecified atom stereocenters. The predicted octanol–water partition coefficient (Wildman–Crippen LogP) is 6.21. The molecular weight excluding hydrogens is 474 g/mol. The number of halogens is 6. The topological polar surface area (TPSA) is 34.9 Å². The number of alkyl halides is 6. The van der Waals surface area contributed by atoms with Gasteiger partial charge in [-0.05, 0) is 29.8 Å². The van der Waals surface area contributed by atoms with E-state index in [1.54, 1.807) is 0 Å². The van der Waals surface area contributed by atoms with Crippen LogP contribution < -0.4 is 5.56 Å². The smallest absolute Gasteiger partial charge is 0.268 e. The van der Waals surface area contributed by atoms with E-state index in [4.69, 9.17) is 0 Å². The molecule has 0 saturated carbocycles. The van der Waals surface area contributed by atoms with Crippen molar-refractivity contribution in [3.05, 3.63) is 81.3 Å². The Labute approximate surface area is 186 Å². The first kappa shape index (κ1) is 22.8. The normalized spacial score (nSPS) is 13.9. The molecule has 0 fully saturated rings. The lowest BCUT2D eigenvalue weighted by atomic mass is 10.1. The van der Waals surface area contributed by atoms with Crippen molar-refractivity contribution in [2.24, 2.45) is 0 Å². The van der Waals surface area contributed by atoms with E-state index in [1.807, 2.05) is 0 Å². The van der Waals surface area contributed by atoms with Crippen LogP contribution >= 0.6 is 23.5 Å². The molecule has 0 atom stereocenters. The van der Waals surface area contributed by atoms with Gasteiger partial charge in [-0.25, -0.2) is 4.98 Å². The number of rotatable bonds is 4. The Hall–Kier alpha value is -2.40. The van der Waals surface area contributed by atoms with Gasteiger partial charge in [-0.15, -0.1) is 11.8 Å². The molecule has 0 spiro atoms. The number of aromatic nitrogens is 2. The molecule has 32 heavy (non-hydrogen) atoms. The van der Waals surface area contributed by atoms with Gasteiger partial charge in [-0.3, -0.25) is 9.36 Å². The highest BCUT2D eigenvalue weighted by molar-refractivity contribution is 7.99. The van der Waals surface area contributed by atoms with E-state index in [0.717, 1.165) is 40.6 Å². The molecule has 0 bridgehead atoms. The molecule has 1 aliphatic heterocycles. The Kier molecular flexibility index (Phi) is 6.06. The lowest BCUT2D eigenvalue weighted by molar-refractivity contribution is -0.138. The molecule has 2 aromatic carbocycles. The fourth-order valence-corrected chi connectivity index (χ4v) is 5.22. The van der Waals surface area contributed by atoms with E-state index in [-0.39, 0.29) is 16.6 Å². The number of benzene rings is 2. The standard InChI is InChI=1S/C21H14F6N2OS2/c22-20(23,24)13-4-1-3-12(9-13)11-32-19-28-16-7-8-31-17(16)18(30)29(19)15-6-2-5-14(10-15)21(25,26)27/h1-6,9-10H,7-8,11H2. The van der Waals surface area contributed by atoms with Gasteiger partial charge < -0.3 is 0 Å². The molecule has 3 aromatic rings. The number of hydrogen-bond donors (Lipinski definition) is 0. The second-order valence-corrected chi connectivity index (χ2v) is 8.99. The van der Waals surface area contributed by atoms with Crippen LogP contribution in [0, 0.1) is 0 Å². The second-order valence-electron chi connectivity index (χ2n) is 6.94. The summed E-state index contributed by atoms with van der Waals surface area (Å²) in [4.78, 5) is 17.9. The van der Waals surface area contributed by atoms with Crippen LogP contribution in [0.1, 0.15) is 22.4 Å². The Morgan fingerprint density at radius 3 is 2.31 bits per heavy atom. The van der Waals surface area contributed by atoms with Crippen molar-refractivity contribution >= 4 is 23.5 Å². The summed E-state index contributed by atoms with van der Waals surface area (Å²) >= 11 is 2.29. The van der Waals surface area contributed by atoms with Gasteiger partial charge in [0.15, 0.2) is 5.16 Å². The van der Waals surface area contributed by atoms with Crippen LogP contribution in [0.15, 0.2) is 63.4 Å². The molecule has 2 heterocycles. The summed E-state index contributed by atoms with van der Waals surface area (Å²) in [5.74, 6) is 0.684. The van der Waals surface area contributed by atoms with Crippen LogP contribution in [0.3, 0.4) is 0 Å². The third-order valence-electron chi connectivity index (χ3n) is 4.72. The zero-order valence-corrected chi connectivity index (χ0v) is 17.8.